The van der Waals surface area contributed by atoms with Crippen molar-refractivity contribution in [2.75, 3.05) is 13.7 Å². The standard InChI is InChI=1S/C19H24N2O3/c1-13(2)18-12-16(20-24-18)17-8-5-9-21(17)19(22)11-14-6-4-7-15(10-14)23-3/h4,6-7,10,12-13,17H,5,8-9,11H2,1-3H3/t17-/m0/s1. The van der Waals surface area contributed by atoms with Gasteiger partial charge in [0.05, 0.1) is 19.6 Å². The molecule has 1 atom stereocenters. The first kappa shape index (κ1) is 16.6. The summed E-state index contributed by atoms with van der Waals surface area (Å²) in [5, 5.41) is 4.20. The smallest absolute Gasteiger partial charge is 0.227 e. The molecule has 24 heavy (non-hydrogen) atoms. The average molecular weight is 328 g/mol. The molecule has 1 aromatic heterocycles. The SMILES string of the molecule is COc1cccc(CC(=O)N2CCC[C@H]2c2cc(C(C)C)on2)c1. The van der Waals surface area contributed by atoms with Gasteiger partial charge in [-0.15, -0.1) is 0 Å². The second-order valence-electron chi connectivity index (χ2n) is 6.58. The fraction of sp³-hybridized carbons (Fsp3) is 0.474. The maximum Gasteiger partial charge on any atom is 0.227 e. The number of benzene rings is 1. The minimum absolute atomic E-state index is 0.0272. The minimum Gasteiger partial charge on any atom is -0.497 e. The van der Waals surface area contributed by atoms with Crippen LogP contribution in [0.2, 0.25) is 0 Å². The van der Waals surface area contributed by atoms with Gasteiger partial charge in [0.15, 0.2) is 0 Å². The summed E-state index contributed by atoms with van der Waals surface area (Å²) in [6.07, 6.45) is 2.31. The molecule has 0 aliphatic carbocycles. The molecule has 0 bridgehead atoms. The summed E-state index contributed by atoms with van der Waals surface area (Å²) in [4.78, 5) is 14.7. The fourth-order valence-electron chi connectivity index (χ4n) is 3.16. The summed E-state index contributed by atoms with van der Waals surface area (Å²) in [5.74, 6) is 2.07. The summed E-state index contributed by atoms with van der Waals surface area (Å²) in [6, 6.07) is 9.69. The molecule has 1 aliphatic rings. The van der Waals surface area contributed by atoms with E-state index in [0.29, 0.717) is 12.3 Å². The van der Waals surface area contributed by atoms with E-state index in [0.717, 1.165) is 42.2 Å². The quantitative estimate of drug-likeness (QED) is 0.839. The second kappa shape index (κ2) is 7.07. The van der Waals surface area contributed by atoms with Gasteiger partial charge in [0.2, 0.25) is 5.91 Å². The highest BCUT2D eigenvalue weighted by Crippen LogP contribution is 2.33. The Kier molecular flexibility index (Phi) is 4.88. The van der Waals surface area contributed by atoms with Gasteiger partial charge in [-0.2, -0.15) is 0 Å². The Morgan fingerprint density at radius 2 is 2.25 bits per heavy atom. The van der Waals surface area contributed by atoms with Crippen molar-refractivity contribution in [3.05, 3.63) is 47.3 Å². The van der Waals surface area contributed by atoms with Crippen LogP contribution in [0.15, 0.2) is 34.9 Å². The number of hydrogen-bond acceptors (Lipinski definition) is 4. The molecule has 5 nitrogen and oxygen atoms in total. The highest BCUT2D eigenvalue weighted by molar-refractivity contribution is 5.79. The summed E-state index contributed by atoms with van der Waals surface area (Å²) in [7, 11) is 1.63. The maximum atomic E-state index is 12.8. The Labute approximate surface area is 142 Å². The number of ether oxygens (including phenoxy) is 1. The van der Waals surface area contributed by atoms with Gasteiger partial charge in [-0.1, -0.05) is 31.1 Å². The van der Waals surface area contributed by atoms with Crippen LogP contribution in [0.1, 0.15) is 55.7 Å². The van der Waals surface area contributed by atoms with Gasteiger partial charge in [0.1, 0.15) is 17.2 Å². The Hall–Kier alpha value is -2.30. The van der Waals surface area contributed by atoms with Crippen molar-refractivity contribution in [2.45, 2.75) is 45.1 Å². The zero-order valence-electron chi connectivity index (χ0n) is 14.5. The van der Waals surface area contributed by atoms with Crippen molar-refractivity contribution in [2.24, 2.45) is 0 Å². The molecule has 1 amide bonds. The monoisotopic (exact) mass is 328 g/mol. The van der Waals surface area contributed by atoms with Crippen LogP contribution < -0.4 is 4.74 Å². The third-order valence-corrected chi connectivity index (χ3v) is 4.52. The van der Waals surface area contributed by atoms with Crippen molar-refractivity contribution in [1.82, 2.24) is 10.1 Å². The van der Waals surface area contributed by atoms with Crippen molar-refractivity contribution >= 4 is 5.91 Å². The molecule has 0 saturated carbocycles. The lowest BCUT2D eigenvalue weighted by molar-refractivity contribution is -0.131. The van der Waals surface area contributed by atoms with E-state index < -0.39 is 0 Å². The maximum absolute atomic E-state index is 12.8. The van der Waals surface area contributed by atoms with Crippen LogP contribution in [0.5, 0.6) is 5.75 Å². The number of rotatable bonds is 5. The number of likely N-dealkylation sites (tertiary alicyclic amines) is 1. The van der Waals surface area contributed by atoms with E-state index in [1.54, 1.807) is 7.11 Å². The van der Waals surface area contributed by atoms with E-state index in [2.05, 4.69) is 19.0 Å². The molecule has 5 heteroatoms. The highest BCUT2D eigenvalue weighted by atomic mass is 16.5. The molecular weight excluding hydrogens is 304 g/mol. The van der Waals surface area contributed by atoms with Crippen LogP contribution in [-0.4, -0.2) is 29.6 Å². The molecule has 1 fully saturated rings. The van der Waals surface area contributed by atoms with E-state index in [1.807, 2.05) is 35.2 Å². The normalized spacial score (nSPS) is 17.5. The van der Waals surface area contributed by atoms with Crippen LogP contribution in [0.4, 0.5) is 0 Å². The van der Waals surface area contributed by atoms with Gasteiger partial charge in [-0.05, 0) is 30.5 Å². The minimum atomic E-state index is 0.0272. The molecule has 128 valence electrons. The Bertz CT molecular complexity index is 708. The summed E-state index contributed by atoms with van der Waals surface area (Å²) in [6.45, 7) is 4.92. The van der Waals surface area contributed by atoms with Crippen molar-refractivity contribution < 1.29 is 14.1 Å². The molecule has 1 aliphatic heterocycles. The topological polar surface area (TPSA) is 55.6 Å². The average Bonchev–Trinajstić information content (AvgIpc) is 3.23. The number of nitrogens with zero attached hydrogens (tertiary/aromatic N) is 2. The van der Waals surface area contributed by atoms with E-state index >= 15 is 0 Å². The number of methoxy groups -OCH3 is 1. The Morgan fingerprint density at radius 3 is 2.96 bits per heavy atom. The summed E-state index contributed by atoms with van der Waals surface area (Å²) >= 11 is 0. The first-order valence-corrected chi connectivity index (χ1v) is 8.47. The Balaban J connectivity index is 1.73. The lowest BCUT2D eigenvalue weighted by Gasteiger charge is -2.23. The van der Waals surface area contributed by atoms with Crippen LogP contribution in [0, 0.1) is 0 Å². The van der Waals surface area contributed by atoms with E-state index in [9.17, 15) is 4.79 Å². The van der Waals surface area contributed by atoms with Gasteiger partial charge >= 0.3 is 0 Å². The van der Waals surface area contributed by atoms with Gasteiger partial charge in [0.25, 0.3) is 0 Å². The van der Waals surface area contributed by atoms with Crippen molar-refractivity contribution in [1.29, 1.82) is 0 Å². The van der Waals surface area contributed by atoms with Gasteiger partial charge in [0, 0.05) is 18.5 Å². The molecule has 0 spiro atoms. The number of aromatic nitrogens is 1. The number of carbonyl (C=O) groups excluding carboxylic acids is 1. The lowest BCUT2D eigenvalue weighted by Crippen LogP contribution is -2.32. The third-order valence-electron chi connectivity index (χ3n) is 4.52. The zero-order chi connectivity index (χ0) is 17.1. The van der Waals surface area contributed by atoms with Gasteiger partial charge in [-0.25, -0.2) is 0 Å². The largest absolute Gasteiger partial charge is 0.497 e. The molecule has 3 rings (SSSR count). The first-order valence-electron chi connectivity index (χ1n) is 8.47. The molecule has 2 heterocycles. The second-order valence-corrected chi connectivity index (χ2v) is 6.58. The lowest BCUT2D eigenvalue weighted by atomic mass is 10.1. The fourth-order valence-corrected chi connectivity index (χ4v) is 3.16. The number of hydrogen-bond donors (Lipinski definition) is 0. The molecule has 1 saturated heterocycles. The summed E-state index contributed by atoms with van der Waals surface area (Å²) < 4.78 is 10.6. The molecular formula is C19H24N2O3. The van der Waals surface area contributed by atoms with Crippen molar-refractivity contribution in [3.63, 3.8) is 0 Å². The molecule has 0 radical (unpaired) electrons. The van der Waals surface area contributed by atoms with E-state index in [-0.39, 0.29) is 11.9 Å². The first-order chi connectivity index (χ1) is 11.6. The molecule has 0 N–H and O–H groups in total. The molecule has 1 aromatic carbocycles. The predicted molar refractivity (Wildman–Crippen MR) is 91.0 cm³/mol. The predicted octanol–water partition coefficient (Wildman–Crippen LogP) is 3.71. The molecule has 0 unspecified atom stereocenters. The van der Waals surface area contributed by atoms with Gasteiger partial charge in [-0.3, -0.25) is 4.79 Å². The van der Waals surface area contributed by atoms with Crippen LogP contribution >= 0.6 is 0 Å². The Morgan fingerprint density at radius 1 is 1.42 bits per heavy atom. The number of carbonyl (C=O) groups is 1. The van der Waals surface area contributed by atoms with Crippen molar-refractivity contribution in [3.8, 4) is 5.75 Å². The molecule has 2 aromatic rings. The summed E-state index contributed by atoms with van der Waals surface area (Å²) in [5.41, 5.74) is 1.84. The number of amides is 1. The zero-order valence-corrected chi connectivity index (χ0v) is 14.5. The van der Waals surface area contributed by atoms with E-state index in [4.69, 9.17) is 9.26 Å². The van der Waals surface area contributed by atoms with Crippen LogP contribution in [-0.2, 0) is 11.2 Å². The van der Waals surface area contributed by atoms with Crippen LogP contribution in [0.3, 0.4) is 0 Å². The van der Waals surface area contributed by atoms with Crippen LogP contribution in [0.25, 0.3) is 0 Å². The van der Waals surface area contributed by atoms with E-state index in [1.165, 1.54) is 0 Å². The highest BCUT2D eigenvalue weighted by Gasteiger charge is 2.32. The third kappa shape index (κ3) is 3.45. The van der Waals surface area contributed by atoms with Gasteiger partial charge < -0.3 is 14.2 Å².